The van der Waals surface area contributed by atoms with Gasteiger partial charge in [-0.25, -0.2) is 14.4 Å². The molecule has 0 saturated heterocycles. The van der Waals surface area contributed by atoms with Crippen LogP contribution in [0.4, 0.5) is 9.59 Å². The highest BCUT2D eigenvalue weighted by Crippen LogP contribution is 2.28. The van der Waals surface area contributed by atoms with Crippen molar-refractivity contribution in [3.63, 3.8) is 0 Å². The van der Waals surface area contributed by atoms with Crippen molar-refractivity contribution in [2.45, 2.75) is 38.5 Å². The lowest BCUT2D eigenvalue weighted by atomic mass is 9.88. The number of hydrogen-bond donors (Lipinski definition) is 1. The van der Waals surface area contributed by atoms with Crippen molar-refractivity contribution in [2.24, 2.45) is 0 Å². The lowest BCUT2D eigenvalue weighted by Gasteiger charge is -2.31. The van der Waals surface area contributed by atoms with Crippen molar-refractivity contribution in [1.82, 2.24) is 9.88 Å². The summed E-state index contributed by atoms with van der Waals surface area (Å²) in [5.74, 6) is -0.630. The molecule has 8 heteroatoms. The summed E-state index contributed by atoms with van der Waals surface area (Å²) >= 11 is 0. The minimum Gasteiger partial charge on any atom is -0.460 e. The maximum Gasteiger partial charge on any atom is 0.418 e. The van der Waals surface area contributed by atoms with E-state index in [1.165, 1.54) is 10.6 Å². The second-order valence-corrected chi connectivity index (χ2v) is 9.27. The van der Waals surface area contributed by atoms with Crippen molar-refractivity contribution >= 4 is 29.1 Å². The number of carbonyl (C=O) groups excluding carboxylic acids is 3. The fraction of sp³-hybridized carbons (Fsp3) is 0.219. The van der Waals surface area contributed by atoms with E-state index in [1.807, 2.05) is 78.9 Å². The van der Waals surface area contributed by atoms with Crippen LogP contribution < -0.4 is 5.32 Å². The molecule has 0 spiro atoms. The largest absolute Gasteiger partial charge is 0.460 e. The maximum absolute atomic E-state index is 13.4. The van der Waals surface area contributed by atoms with Crippen LogP contribution in [0.1, 0.15) is 30.0 Å². The molecule has 0 unspecified atom stereocenters. The highest BCUT2D eigenvalue weighted by atomic mass is 16.6. The molecule has 40 heavy (non-hydrogen) atoms. The topological polar surface area (TPSA) is 95.9 Å². The van der Waals surface area contributed by atoms with Crippen molar-refractivity contribution in [1.29, 1.82) is 0 Å². The average Bonchev–Trinajstić information content (AvgIpc) is 3.36. The number of ether oxygens (including phenoxy) is 3. The predicted molar refractivity (Wildman–Crippen MR) is 152 cm³/mol. The summed E-state index contributed by atoms with van der Waals surface area (Å²) in [6.07, 6.45) is 2.05. The summed E-state index contributed by atoms with van der Waals surface area (Å²) in [5.41, 5.74) is 1.49. The van der Waals surface area contributed by atoms with Crippen LogP contribution in [0, 0.1) is 0 Å². The molecule has 0 aliphatic carbocycles. The van der Waals surface area contributed by atoms with Gasteiger partial charge in [-0.15, -0.1) is 0 Å². The molecule has 0 bridgehead atoms. The summed E-state index contributed by atoms with van der Waals surface area (Å²) in [5, 5.41) is 3.51. The highest BCUT2D eigenvalue weighted by molar-refractivity contribution is 5.93. The molecule has 0 aliphatic rings. The number of carbonyl (C=O) groups is 3. The predicted octanol–water partition coefficient (Wildman–Crippen LogP) is 6.17. The number of aromatic nitrogens is 1. The molecule has 0 saturated carbocycles. The summed E-state index contributed by atoms with van der Waals surface area (Å²) < 4.78 is 17.8. The number of nitrogens with one attached hydrogen (secondary N) is 1. The van der Waals surface area contributed by atoms with Gasteiger partial charge in [-0.05, 0) is 29.2 Å². The van der Waals surface area contributed by atoms with Crippen LogP contribution in [0.3, 0.4) is 0 Å². The van der Waals surface area contributed by atoms with Gasteiger partial charge in [0.15, 0.2) is 0 Å². The van der Waals surface area contributed by atoms with Gasteiger partial charge in [0.1, 0.15) is 25.4 Å². The van der Waals surface area contributed by atoms with E-state index in [4.69, 9.17) is 14.2 Å². The van der Waals surface area contributed by atoms with E-state index >= 15 is 0 Å². The Bertz CT molecular complexity index is 1460. The smallest absolute Gasteiger partial charge is 0.418 e. The Kier molecular flexibility index (Phi) is 9.35. The molecular weight excluding hydrogens is 508 g/mol. The molecule has 1 amide bonds. The van der Waals surface area contributed by atoms with Gasteiger partial charge < -0.3 is 19.5 Å². The molecule has 4 rings (SSSR count). The Labute approximate surface area is 233 Å². The summed E-state index contributed by atoms with van der Waals surface area (Å²) in [6, 6.07) is 25.9. The Morgan fingerprint density at radius 2 is 1.45 bits per heavy atom. The van der Waals surface area contributed by atoms with Crippen molar-refractivity contribution in [2.75, 3.05) is 6.61 Å². The molecule has 8 nitrogen and oxygen atoms in total. The van der Waals surface area contributed by atoms with Crippen molar-refractivity contribution in [3.8, 4) is 0 Å². The normalized spacial score (nSPS) is 12.2. The first-order valence-electron chi connectivity index (χ1n) is 13.0. The Morgan fingerprint density at radius 3 is 2.08 bits per heavy atom. The Balaban J connectivity index is 1.60. The average molecular weight is 541 g/mol. The molecule has 0 aliphatic heterocycles. The van der Waals surface area contributed by atoms with Gasteiger partial charge in [0.05, 0.1) is 5.52 Å². The lowest BCUT2D eigenvalue weighted by molar-refractivity contribution is -0.150. The quantitative estimate of drug-likeness (QED) is 0.139. The zero-order valence-electron chi connectivity index (χ0n) is 22.4. The molecular formula is C32H32N2O6. The molecule has 1 aromatic heterocycles. The Morgan fingerprint density at radius 1 is 0.850 bits per heavy atom. The number of rotatable bonds is 11. The lowest BCUT2D eigenvalue weighted by Crippen LogP contribution is -2.56. The third kappa shape index (κ3) is 6.77. The fourth-order valence-corrected chi connectivity index (χ4v) is 4.41. The molecule has 206 valence electrons. The SMILES string of the molecule is C=CCOC(=O)[C@@](CC)(Cc1cn(C(=O)OCc2ccccc2)c2ccccc12)NC(=O)OCc1ccccc1. The van der Waals surface area contributed by atoms with Gasteiger partial charge >= 0.3 is 18.2 Å². The number of esters is 1. The highest BCUT2D eigenvalue weighted by Gasteiger charge is 2.41. The van der Waals surface area contributed by atoms with E-state index in [2.05, 4.69) is 11.9 Å². The monoisotopic (exact) mass is 540 g/mol. The molecule has 1 N–H and O–H groups in total. The molecule has 0 fully saturated rings. The second kappa shape index (κ2) is 13.3. The third-order valence-electron chi connectivity index (χ3n) is 6.57. The van der Waals surface area contributed by atoms with Gasteiger partial charge in [-0.3, -0.25) is 4.57 Å². The Hall–Kier alpha value is -4.85. The summed E-state index contributed by atoms with van der Waals surface area (Å²) in [4.78, 5) is 39.4. The first-order valence-corrected chi connectivity index (χ1v) is 13.0. The van der Waals surface area contributed by atoms with Crippen LogP contribution >= 0.6 is 0 Å². The van der Waals surface area contributed by atoms with Crippen LogP contribution in [0.25, 0.3) is 10.9 Å². The van der Waals surface area contributed by atoms with Crippen LogP contribution in [-0.2, 0) is 38.6 Å². The number of nitrogens with zero attached hydrogens (tertiary/aromatic N) is 1. The molecule has 0 radical (unpaired) electrons. The first kappa shape index (κ1) is 28.2. The number of amides is 1. The van der Waals surface area contributed by atoms with E-state index in [9.17, 15) is 14.4 Å². The molecule has 1 heterocycles. The number of alkyl carbamates (subject to hydrolysis) is 1. The molecule has 1 atom stereocenters. The van der Waals surface area contributed by atoms with Gasteiger partial charge in [0, 0.05) is 18.0 Å². The number of para-hydroxylation sites is 1. The van der Waals surface area contributed by atoms with Crippen LogP contribution in [-0.4, -0.2) is 34.9 Å². The van der Waals surface area contributed by atoms with Crippen LogP contribution in [0.2, 0.25) is 0 Å². The zero-order valence-corrected chi connectivity index (χ0v) is 22.4. The first-order chi connectivity index (χ1) is 19.5. The van der Waals surface area contributed by atoms with Crippen molar-refractivity contribution < 1.29 is 28.6 Å². The minimum absolute atomic E-state index is 0.0190. The van der Waals surface area contributed by atoms with E-state index < -0.39 is 23.7 Å². The van der Waals surface area contributed by atoms with E-state index in [-0.39, 0.29) is 32.7 Å². The van der Waals surface area contributed by atoms with Crippen LogP contribution in [0.5, 0.6) is 0 Å². The van der Waals surface area contributed by atoms with Crippen LogP contribution in [0.15, 0.2) is 104 Å². The fourth-order valence-electron chi connectivity index (χ4n) is 4.41. The van der Waals surface area contributed by atoms with Gasteiger partial charge in [0.25, 0.3) is 0 Å². The minimum atomic E-state index is -1.46. The van der Waals surface area contributed by atoms with Crippen molar-refractivity contribution in [3.05, 3.63) is 120 Å². The summed E-state index contributed by atoms with van der Waals surface area (Å²) in [7, 11) is 0. The van der Waals surface area contributed by atoms with E-state index in [1.54, 1.807) is 19.2 Å². The maximum atomic E-state index is 13.4. The zero-order chi connectivity index (χ0) is 28.4. The third-order valence-corrected chi connectivity index (χ3v) is 6.57. The number of hydrogen-bond acceptors (Lipinski definition) is 6. The van der Waals surface area contributed by atoms with Gasteiger partial charge in [-0.2, -0.15) is 0 Å². The number of fused-ring (bicyclic) bond motifs is 1. The van der Waals surface area contributed by atoms with E-state index in [0.717, 1.165) is 16.5 Å². The number of benzene rings is 3. The summed E-state index contributed by atoms with van der Waals surface area (Å²) in [6.45, 7) is 5.52. The van der Waals surface area contributed by atoms with Gasteiger partial charge in [-0.1, -0.05) is 98.4 Å². The van der Waals surface area contributed by atoms with E-state index in [0.29, 0.717) is 11.1 Å². The molecule has 4 aromatic rings. The standard InChI is InChI=1S/C32H32N2O6/c1-3-19-38-29(35)32(4-2,33-30(36)39-22-24-13-7-5-8-14-24)20-26-21-34(28-18-12-11-17-27(26)28)31(37)40-23-25-15-9-6-10-16-25/h3,5-18,21H,1,4,19-20,22-23H2,2H3,(H,33,36)/t32-/m1/s1. The molecule has 3 aromatic carbocycles. The van der Waals surface area contributed by atoms with Gasteiger partial charge in [0.2, 0.25) is 0 Å². The second-order valence-electron chi connectivity index (χ2n) is 9.27.